The minimum absolute atomic E-state index is 0.634. The van der Waals surface area contributed by atoms with Gasteiger partial charge in [0, 0.05) is 12.1 Å². The Morgan fingerprint density at radius 1 is 1.41 bits per heavy atom. The average molecular weight is 240 g/mol. The molecule has 0 atom stereocenters. The standard InChI is InChI=1S/C13H24N2O2/c1-5-14-9-13-8-12(11(2)17-13)10-16-7-6-15(3)4/h8,14H,5-7,9-10H2,1-4H3. The highest BCUT2D eigenvalue weighted by molar-refractivity contribution is 5.19. The molecule has 1 heterocycles. The molecular weight excluding hydrogens is 216 g/mol. The van der Waals surface area contributed by atoms with E-state index >= 15 is 0 Å². The molecule has 0 aliphatic carbocycles. The van der Waals surface area contributed by atoms with Crippen molar-refractivity contribution in [2.24, 2.45) is 0 Å². The van der Waals surface area contributed by atoms with Gasteiger partial charge >= 0.3 is 0 Å². The van der Waals surface area contributed by atoms with Crippen molar-refractivity contribution in [3.63, 3.8) is 0 Å². The lowest BCUT2D eigenvalue weighted by Crippen LogP contribution is -2.17. The zero-order valence-electron chi connectivity index (χ0n) is 11.4. The van der Waals surface area contributed by atoms with Gasteiger partial charge in [0.2, 0.25) is 0 Å². The fourth-order valence-corrected chi connectivity index (χ4v) is 1.50. The van der Waals surface area contributed by atoms with Crippen molar-refractivity contribution in [2.45, 2.75) is 27.0 Å². The quantitative estimate of drug-likeness (QED) is 0.703. The molecule has 0 aliphatic heterocycles. The maximum absolute atomic E-state index is 5.64. The van der Waals surface area contributed by atoms with E-state index in [1.54, 1.807) is 0 Å². The Bertz CT molecular complexity index is 321. The van der Waals surface area contributed by atoms with E-state index in [0.29, 0.717) is 6.61 Å². The molecule has 1 N–H and O–H groups in total. The molecule has 0 aliphatic rings. The van der Waals surface area contributed by atoms with Gasteiger partial charge in [0.1, 0.15) is 11.5 Å². The summed E-state index contributed by atoms with van der Waals surface area (Å²) in [6.07, 6.45) is 0. The molecule has 0 saturated carbocycles. The molecule has 0 aromatic carbocycles. The highest BCUT2D eigenvalue weighted by Crippen LogP contribution is 2.15. The van der Waals surface area contributed by atoms with Crippen LogP contribution in [0.3, 0.4) is 0 Å². The van der Waals surface area contributed by atoms with Crippen LogP contribution in [0.15, 0.2) is 10.5 Å². The number of hydrogen-bond donors (Lipinski definition) is 1. The van der Waals surface area contributed by atoms with Crippen LogP contribution in [0.2, 0.25) is 0 Å². The van der Waals surface area contributed by atoms with Crippen LogP contribution >= 0.6 is 0 Å². The van der Waals surface area contributed by atoms with Crippen LogP contribution in [-0.2, 0) is 17.9 Å². The van der Waals surface area contributed by atoms with E-state index in [1.807, 2.05) is 21.0 Å². The molecule has 1 aromatic heterocycles. The lowest BCUT2D eigenvalue weighted by Gasteiger charge is -2.09. The number of furan rings is 1. The molecule has 0 radical (unpaired) electrons. The molecule has 4 nitrogen and oxygen atoms in total. The molecule has 0 unspecified atom stereocenters. The van der Waals surface area contributed by atoms with Gasteiger partial charge in [-0.2, -0.15) is 0 Å². The zero-order valence-corrected chi connectivity index (χ0v) is 11.4. The summed E-state index contributed by atoms with van der Waals surface area (Å²) in [5.74, 6) is 1.94. The molecule has 0 saturated heterocycles. The number of nitrogens with zero attached hydrogens (tertiary/aromatic N) is 1. The van der Waals surface area contributed by atoms with Crippen LogP contribution in [0.4, 0.5) is 0 Å². The summed E-state index contributed by atoms with van der Waals surface area (Å²) in [7, 11) is 4.09. The molecule has 1 aromatic rings. The van der Waals surface area contributed by atoms with Crippen molar-refractivity contribution in [1.29, 1.82) is 0 Å². The van der Waals surface area contributed by atoms with Crippen LogP contribution in [0, 0.1) is 6.92 Å². The third-order valence-electron chi connectivity index (χ3n) is 2.56. The van der Waals surface area contributed by atoms with E-state index in [1.165, 1.54) is 0 Å². The first-order chi connectivity index (χ1) is 8.13. The Hall–Kier alpha value is -0.840. The molecule has 17 heavy (non-hydrogen) atoms. The zero-order chi connectivity index (χ0) is 12.7. The summed E-state index contributed by atoms with van der Waals surface area (Å²) in [6.45, 7) is 8.14. The van der Waals surface area contributed by atoms with Gasteiger partial charge in [-0.15, -0.1) is 0 Å². The van der Waals surface area contributed by atoms with E-state index in [-0.39, 0.29) is 0 Å². The maximum Gasteiger partial charge on any atom is 0.118 e. The monoisotopic (exact) mass is 240 g/mol. The molecule has 1 rings (SSSR count). The summed E-state index contributed by atoms with van der Waals surface area (Å²) in [5, 5.41) is 3.25. The van der Waals surface area contributed by atoms with Crippen LogP contribution in [0.25, 0.3) is 0 Å². The van der Waals surface area contributed by atoms with E-state index in [2.05, 4.69) is 23.2 Å². The summed E-state index contributed by atoms with van der Waals surface area (Å²) in [4.78, 5) is 2.11. The second kappa shape index (κ2) is 7.48. The molecule has 0 bridgehead atoms. The van der Waals surface area contributed by atoms with Gasteiger partial charge in [0.25, 0.3) is 0 Å². The minimum Gasteiger partial charge on any atom is -0.465 e. The van der Waals surface area contributed by atoms with Gasteiger partial charge < -0.3 is 19.4 Å². The number of aryl methyl sites for hydroxylation is 1. The highest BCUT2D eigenvalue weighted by atomic mass is 16.5. The number of rotatable bonds is 8. The first kappa shape index (κ1) is 14.2. The first-order valence-corrected chi connectivity index (χ1v) is 6.14. The molecule has 98 valence electrons. The van der Waals surface area contributed by atoms with Crippen molar-refractivity contribution in [1.82, 2.24) is 10.2 Å². The van der Waals surface area contributed by atoms with Gasteiger partial charge in [-0.3, -0.25) is 0 Å². The summed E-state index contributed by atoms with van der Waals surface area (Å²) < 4.78 is 11.2. The van der Waals surface area contributed by atoms with E-state index in [0.717, 1.165) is 43.3 Å². The highest BCUT2D eigenvalue weighted by Gasteiger charge is 2.07. The lowest BCUT2D eigenvalue weighted by molar-refractivity contribution is 0.104. The van der Waals surface area contributed by atoms with Crippen molar-refractivity contribution < 1.29 is 9.15 Å². The average Bonchev–Trinajstić information content (AvgIpc) is 2.62. The number of hydrogen-bond acceptors (Lipinski definition) is 4. The second-order valence-corrected chi connectivity index (χ2v) is 4.43. The predicted molar refractivity (Wildman–Crippen MR) is 69.0 cm³/mol. The Kier molecular flexibility index (Phi) is 6.26. The Morgan fingerprint density at radius 3 is 2.82 bits per heavy atom. The Balaban J connectivity index is 2.34. The van der Waals surface area contributed by atoms with Crippen LogP contribution in [0.1, 0.15) is 24.0 Å². The van der Waals surface area contributed by atoms with Gasteiger partial charge in [-0.1, -0.05) is 6.92 Å². The van der Waals surface area contributed by atoms with Gasteiger partial charge in [0.05, 0.1) is 19.8 Å². The first-order valence-electron chi connectivity index (χ1n) is 6.14. The SMILES string of the molecule is CCNCc1cc(COCCN(C)C)c(C)o1. The molecule has 0 spiro atoms. The molecule has 4 heteroatoms. The number of nitrogens with one attached hydrogen (secondary N) is 1. The Morgan fingerprint density at radius 2 is 2.18 bits per heavy atom. The topological polar surface area (TPSA) is 37.6 Å². The largest absolute Gasteiger partial charge is 0.465 e. The maximum atomic E-state index is 5.64. The normalized spacial score (nSPS) is 11.4. The molecule has 0 fully saturated rings. The fourth-order valence-electron chi connectivity index (χ4n) is 1.50. The lowest BCUT2D eigenvalue weighted by atomic mass is 10.2. The number of likely N-dealkylation sites (N-methyl/N-ethyl adjacent to an activating group) is 1. The summed E-state index contributed by atoms with van der Waals surface area (Å²) in [5.41, 5.74) is 1.15. The number of ether oxygens (including phenoxy) is 1. The van der Waals surface area contributed by atoms with Crippen molar-refractivity contribution in [3.8, 4) is 0 Å². The van der Waals surface area contributed by atoms with Crippen molar-refractivity contribution in [3.05, 3.63) is 23.2 Å². The third kappa shape index (κ3) is 5.35. The van der Waals surface area contributed by atoms with Crippen LogP contribution in [-0.4, -0.2) is 38.7 Å². The van der Waals surface area contributed by atoms with Crippen LogP contribution in [0.5, 0.6) is 0 Å². The Labute approximate surface area is 104 Å². The van der Waals surface area contributed by atoms with Crippen LogP contribution < -0.4 is 5.32 Å². The minimum atomic E-state index is 0.634. The van der Waals surface area contributed by atoms with Gasteiger partial charge in [0.15, 0.2) is 0 Å². The summed E-state index contributed by atoms with van der Waals surface area (Å²) >= 11 is 0. The molecule has 0 amide bonds. The van der Waals surface area contributed by atoms with E-state index in [9.17, 15) is 0 Å². The smallest absolute Gasteiger partial charge is 0.118 e. The second-order valence-electron chi connectivity index (χ2n) is 4.43. The van der Waals surface area contributed by atoms with Crippen molar-refractivity contribution >= 4 is 0 Å². The predicted octanol–water partition coefficient (Wildman–Crippen LogP) is 1.78. The van der Waals surface area contributed by atoms with E-state index in [4.69, 9.17) is 9.15 Å². The van der Waals surface area contributed by atoms with Gasteiger partial charge in [-0.25, -0.2) is 0 Å². The fraction of sp³-hybridized carbons (Fsp3) is 0.692. The summed E-state index contributed by atoms with van der Waals surface area (Å²) in [6, 6.07) is 2.08. The van der Waals surface area contributed by atoms with Gasteiger partial charge in [-0.05, 0) is 33.6 Å². The third-order valence-corrected chi connectivity index (χ3v) is 2.56. The van der Waals surface area contributed by atoms with Crippen molar-refractivity contribution in [2.75, 3.05) is 33.8 Å². The van der Waals surface area contributed by atoms with E-state index < -0.39 is 0 Å². The molecular formula is C13H24N2O2.